The van der Waals surface area contributed by atoms with Gasteiger partial charge in [0.05, 0.1) is 0 Å². The van der Waals surface area contributed by atoms with Gasteiger partial charge in [0, 0.05) is 29.9 Å². The van der Waals surface area contributed by atoms with Crippen LogP contribution in [-0.2, 0) is 4.79 Å². The highest BCUT2D eigenvalue weighted by molar-refractivity contribution is 6.32. The van der Waals surface area contributed by atoms with E-state index in [1.807, 2.05) is 18.2 Å². The minimum atomic E-state index is -0.974. The lowest BCUT2D eigenvalue weighted by Crippen LogP contribution is -2.41. The highest BCUT2D eigenvalue weighted by Crippen LogP contribution is 2.27. The number of carbonyl (C=O) groups is 1. The van der Waals surface area contributed by atoms with E-state index in [9.17, 15) is 4.79 Å². The van der Waals surface area contributed by atoms with Crippen LogP contribution in [0, 0.1) is 0 Å². The minimum Gasteiger partial charge on any atom is -0.478 e. The number of rotatable bonds is 4. The predicted molar refractivity (Wildman–Crippen MR) is 87.0 cm³/mol. The number of anilines is 1. The first-order valence-electron chi connectivity index (χ1n) is 7.09. The Morgan fingerprint density at radius 2 is 2.10 bits per heavy atom. The molecule has 0 bridgehead atoms. The third-order valence-electron chi connectivity index (χ3n) is 4.03. The predicted octanol–water partition coefficient (Wildman–Crippen LogP) is 2.97. The summed E-state index contributed by atoms with van der Waals surface area (Å²) < 4.78 is 0. The fourth-order valence-corrected chi connectivity index (χ4v) is 2.86. The van der Waals surface area contributed by atoms with Crippen molar-refractivity contribution in [3.8, 4) is 0 Å². The van der Waals surface area contributed by atoms with Crippen molar-refractivity contribution >= 4 is 29.3 Å². The molecule has 1 aromatic rings. The molecule has 21 heavy (non-hydrogen) atoms. The number of benzene rings is 1. The zero-order chi connectivity index (χ0) is 15.4. The van der Waals surface area contributed by atoms with E-state index in [0.717, 1.165) is 43.3 Å². The summed E-state index contributed by atoms with van der Waals surface area (Å²) in [6.07, 6.45) is 4.90. The third kappa shape index (κ3) is 4.22. The number of hydrogen-bond acceptors (Lipinski definition) is 3. The molecule has 1 aliphatic heterocycles. The minimum absolute atomic E-state index is 0.526. The summed E-state index contributed by atoms with van der Waals surface area (Å²) in [5, 5.41) is 9.23. The summed E-state index contributed by atoms with van der Waals surface area (Å²) in [6, 6.07) is 6.29. The maximum Gasteiger partial charge on any atom is 0.328 e. The van der Waals surface area contributed by atoms with Gasteiger partial charge in [-0.2, -0.15) is 0 Å². The second kappa shape index (κ2) is 6.96. The van der Waals surface area contributed by atoms with Crippen LogP contribution in [0.3, 0.4) is 0 Å². The molecule has 0 unspecified atom stereocenters. The van der Waals surface area contributed by atoms with Crippen LogP contribution in [0.2, 0.25) is 5.02 Å². The van der Waals surface area contributed by atoms with E-state index in [4.69, 9.17) is 16.7 Å². The number of piperidine rings is 1. The molecule has 2 rings (SSSR count). The summed E-state index contributed by atoms with van der Waals surface area (Å²) in [5.41, 5.74) is 1.79. The SMILES string of the molecule is CN1CCC(N(C)c2ccc(/C=C/C(=O)O)c(Cl)c2)CC1. The molecular weight excluding hydrogens is 288 g/mol. The Morgan fingerprint density at radius 1 is 1.43 bits per heavy atom. The molecule has 0 aromatic heterocycles. The van der Waals surface area contributed by atoms with E-state index >= 15 is 0 Å². The molecule has 1 fully saturated rings. The first-order chi connectivity index (χ1) is 9.97. The van der Waals surface area contributed by atoms with E-state index in [1.54, 1.807) is 0 Å². The van der Waals surface area contributed by atoms with E-state index in [-0.39, 0.29) is 0 Å². The molecule has 1 aromatic carbocycles. The number of aliphatic carboxylic acids is 1. The Balaban J connectivity index is 2.10. The fourth-order valence-electron chi connectivity index (χ4n) is 2.62. The normalized spacial score (nSPS) is 17.3. The van der Waals surface area contributed by atoms with Crippen LogP contribution in [0.5, 0.6) is 0 Å². The molecule has 1 saturated heterocycles. The van der Waals surface area contributed by atoms with Gasteiger partial charge in [-0.3, -0.25) is 0 Å². The molecular formula is C16H21ClN2O2. The van der Waals surface area contributed by atoms with E-state index in [2.05, 4.69) is 23.9 Å². The van der Waals surface area contributed by atoms with Crippen molar-refractivity contribution in [3.05, 3.63) is 34.9 Å². The van der Waals surface area contributed by atoms with Crippen LogP contribution in [-0.4, -0.2) is 49.2 Å². The van der Waals surface area contributed by atoms with Gasteiger partial charge in [-0.15, -0.1) is 0 Å². The standard InChI is InChI=1S/C16H21ClN2O2/c1-18-9-7-13(8-10-18)19(2)14-5-3-12(15(17)11-14)4-6-16(20)21/h3-6,11,13H,7-10H2,1-2H3,(H,20,21)/b6-4+. The third-order valence-corrected chi connectivity index (χ3v) is 4.36. The summed E-state index contributed by atoms with van der Waals surface area (Å²) in [6.45, 7) is 2.23. The van der Waals surface area contributed by atoms with Crippen molar-refractivity contribution in [1.29, 1.82) is 0 Å². The maximum atomic E-state index is 10.6. The lowest BCUT2D eigenvalue weighted by molar-refractivity contribution is -0.131. The largest absolute Gasteiger partial charge is 0.478 e. The van der Waals surface area contributed by atoms with Crippen molar-refractivity contribution < 1.29 is 9.90 Å². The Bertz CT molecular complexity index is 537. The fraction of sp³-hybridized carbons (Fsp3) is 0.438. The maximum absolute atomic E-state index is 10.6. The highest BCUT2D eigenvalue weighted by Gasteiger charge is 2.21. The second-order valence-corrected chi connectivity index (χ2v) is 5.93. The molecule has 114 valence electrons. The zero-order valence-electron chi connectivity index (χ0n) is 12.4. The lowest BCUT2D eigenvalue weighted by Gasteiger charge is -2.36. The average Bonchev–Trinajstić information content (AvgIpc) is 2.46. The average molecular weight is 309 g/mol. The van der Waals surface area contributed by atoms with E-state index < -0.39 is 5.97 Å². The topological polar surface area (TPSA) is 43.8 Å². The number of likely N-dealkylation sites (tertiary alicyclic amines) is 1. The van der Waals surface area contributed by atoms with E-state index in [1.165, 1.54) is 6.08 Å². The molecule has 0 saturated carbocycles. The van der Waals surface area contributed by atoms with Crippen LogP contribution in [0.15, 0.2) is 24.3 Å². The van der Waals surface area contributed by atoms with Gasteiger partial charge in [0.15, 0.2) is 0 Å². The molecule has 0 aliphatic carbocycles. The molecule has 0 atom stereocenters. The van der Waals surface area contributed by atoms with E-state index in [0.29, 0.717) is 11.1 Å². The Labute approximate surface area is 130 Å². The molecule has 4 nitrogen and oxygen atoms in total. The van der Waals surface area contributed by atoms with Crippen LogP contribution < -0.4 is 4.90 Å². The van der Waals surface area contributed by atoms with Gasteiger partial charge in [0.25, 0.3) is 0 Å². The quantitative estimate of drug-likeness (QED) is 0.869. The van der Waals surface area contributed by atoms with Gasteiger partial charge in [0.1, 0.15) is 0 Å². The number of carboxylic acids is 1. The van der Waals surface area contributed by atoms with Gasteiger partial charge >= 0.3 is 5.97 Å². The van der Waals surface area contributed by atoms with Crippen molar-refractivity contribution in [2.75, 3.05) is 32.1 Å². The van der Waals surface area contributed by atoms with Gasteiger partial charge < -0.3 is 14.9 Å². The molecule has 5 heteroatoms. The van der Waals surface area contributed by atoms with Gasteiger partial charge in [0.2, 0.25) is 0 Å². The number of hydrogen-bond donors (Lipinski definition) is 1. The van der Waals surface area contributed by atoms with Crippen molar-refractivity contribution in [2.24, 2.45) is 0 Å². The zero-order valence-corrected chi connectivity index (χ0v) is 13.2. The van der Waals surface area contributed by atoms with Crippen molar-refractivity contribution in [1.82, 2.24) is 4.90 Å². The van der Waals surface area contributed by atoms with Crippen LogP contribution in [0.4, 0.5) is 5.69 Å². The van der Waals surface area contributed by atoms with Crippen LogP contribution in [0.1, 0.15) is 18.4 Å². The number of carboxylic acid groups (broad SMARTS) is 1. The van der Waals surface area contributed by atoms with Crippen molar-refractivity contribution in [3.63, 3.8) is 0 Å². The summed E-state index contributed by atoms with van der Waals surface area (Å²) in [7, 11) is 4.24. The first-order valence-corrected chi connectivity index (χ1v) is 7.47. The molecule has 0 spiro atoms. The molecule has 0 radical (unpaired) electrons. The molecule has 1 N–H and O–H groups in total. The summed E-state index contributed by atoms with van der Waals surface area (Å²) >= 11 is 6.24. The van der Waals surface area contributed by atoms with Gasteiger partial charge in [-0.25, -0.2) is 4.79 Å². The summed E-state index contributed by atoms with van der Waals surface area (Å²) in [5.74, 6) is -0.974. The number of nitrogens with zero attached hydrogens (tertiary/aromatic N) is 2. The second-order valence-electron chi connectivity index (χ2n) is 5.52. The Morgan fingerprint density at radius 3 is 2.67 bits per heavy atom. The molecule has 0 amide bonds. The summed E-state index contributed by atoms with van der Waals surface area (Å²) in [4.78, 5) is 15.2. The first kappa shape index (κ1) is 15.9. The highest BCUT2D eigenvalue weighted by atomic mass is 35.5. The van der Waals surface area contributed by atoms with Crippen LogP contribution >= 0.6 is 11.6 Å². The van der Waals surface area contributed by atoms with Gasteiger partial charge in [-0.05, 0) is 56.8 Å². The lowest BCUT2D eigenvalue weighted by atomic mass is 10.0. The molecule has 1 aliphatic rings. The number of halogens is 1. The Hall–Kier alpha value is -1.52. The Kier molecular flexibility index (Phi) is 5.26. The monoisotopic (exact) mass is 308 g/mol. The molecule has 1 heterocycles. The van der Waals surface area contributed by atoms with Crippen LogP contribution in [0.25, 0.3) is 6.08 Å². The van der Waals surface area contributed by atoms with Crippen molar-refractivity contribution in [2.45, 2.75) is 18.9 Å². The van der Waals surface area contributed by atoms with Gasteiger partial charge in [-0.1, -0.05) is 17.7 Å². The smallest absolute Gasteiger partial charge is 0.328 e.